The Morgan fingerprint density at radius 1 is 0.833 bits per heavy atom. The second kappa shape index (κ2) is 10.8. The number of carbonyl (C=O) groups excluding carboxylic acids is 1. The van der Waals surface area contributed by atoms with E-state index in [0.29, 0.717) is 13.1 Å². The van der Waals surface area contributed by atoms with E-state index in [4.69, 9.17) is 0 Å². The number of hydrogen-bond acceptors (Lipinski definition) is 7. The molecule has 0 aromatic carbocycles. The summed E-state index contributed by atoms with van der Waals surface area (Å²) in [6, 6.07) is -0.353. The largest absolute Gasteiger partial charge is 0.390 e. The third-order valence-corrected chi connectivity index (χ3v) is 4.35. The Morgan fingerprint density at radius 2 is 1.21 bits per heavy atom. The lowest BCUT2D eigenvalue weighted by molar-refractivity contribution is 0.101. The molecule has 2 fully saturated rings. The van der Waals surface area contributed by atoms with Gasteiger partial charge in [0, 0.05) is 78.5 Å². The van der Waals surface area contributed by atoms with Crippen LogP contribution < -0.4 is 21.3 Å². The summed E-state index contributed by atoms with van der Waals surface area (Å²) in [5.74, 6) is 0. The molecule has 0 aliphatic carbocycles. The van der Waals surface area contributed by atoms with Crippen molar-refractivity contribution in [1.82, 2.24) is 31.1 Å². The fourth-order valence-electron chi connectivity index (χ4n) is 3.00. The average molecular weight is 344 g/mol. The molecule has 0 aromatic heterocycles. The molecule has 0 saturated carbocycles. The van der Waals surface area contributed by atoms with Gasteiger partial charge in [0.15, 0.2) is 0 Å². The van der Waals surface area contributed by atoms with Gasteiger partial charge in [-0.15, -0.1) is 0 Å². The lowest BCUT2D eigenvalue weighted by atomic mass is 10.2. The molecule has 2 aliphatic heterocycles. The van der Waals surface area contributed by atoms with Gasteiger partial charge in [-0.05, 0) is 0 Å². The molecule has 0 spiro atoms. The number of aliphatic hydroxyl groups is 2. The van der Waals surface area contributed by atoms with E-state index in [1.165, 1.54) is 0 Å². The standard InChI is InChI=1S/C15H32N6O3/c22-13(11-20-5-1-16-2-6-20)9-18-15(24)19-10-14(23)12-21-7-3-17-4-8-21/h13-14,16-17,22-23H,1-12H2,(H2,18,19,24). The van der Waals surface area contributed by atoms with Crippen molar-refractivity contribution >= 4 is 6.03 Å². The SMILES string of the molecule is O=C(NCC(O)CN1CCNCC1)NCC(O)CN1CCNCC1. The van der Waals surface area contributed by atoms with Crippen molar-refractivity contribution in [2.24, 2.45) is 0 Å². The summed E-state index contributed by atoms with van der Waals surface area (Å²) >= 11 is 0. The van der Waals surface area contributed by atoms with Gasteiger partial charge in [0.1, 0.15) is 0 Å². The van der Waals surface area contributed by atoms with E-state index in [9.17, 15) is 15.0 Å². The Labute approximate surface area is 143 Å². The van der Waals surface area contributed by atoms with Crippen molar-refractivity contribution in [3.05, 3.63) is 0 Å². The van der Waals surface area contributed by atoms with Gasteiger partial charge in [-0.2, -0.15) is 0 Å². The van der Waals surface area contributed by atoms with Crippen LogP contribution in [0.4, 0.5) is 4.79 Å². The van der Waals surface area contributed by atoms with Crippen molar-refractivity contribution in [3.8, 4) is 0 Å². The van der Waals surface area contributed by atoms with Crippen LogP contribution in [0.2, 0.25) is 0 Å². The highest BCUT2D eigenvalue weighted by Gasteiger charge is 2.16. The van der Waals surface area contributed by atoms with Crippen molar-refractivity contribution < 1.29 is 15.0 Å². The lowest BCUT2D eigenvalue weighted by Crippen LogP contribution is -2.50. The summed E-state index contributed by atoms with van der Waals surface area (Å²) in [4.78, 5) is 16.1. The Bertz CT molecular complexity index is 329. The first-order valence-electron chi connectivity index (χ1n) is 8.87. The Hall–Kier alpha value is -0.970. The van der Waals surface area contributed by atoms with Gasteiger partial charge >= 0.3 is 6.03 Å². The molecule has 2 saturated heterocycles. The van der Waals surface area contributed by atoms with Crippen LogP contribution in [-0.4, -0.2) is 117 Å². The molecule has 0 aromatic rings. The topological polar surface area (TPSA) is 112 Å². The second-order valence-corrected chi connectivity index (χ2v) is 6.50. The molecule has 2 rings (SSSR count). The molecule has 2 atom stereocenters. The van der Waals surface area contributed by atoms with E-state index < -0.39 is 12.2 Å². The van der Waals surface area contributed by atoms with Crippen LogP contribution in [0.3, 0.4) is 0 Å². The smallest absolute Gasteiger partial charge is 0.314 e. The van der Waals surface area contributed by atoms with Gasteiger partial charge in [-0.3, -0.25) is 9.80 Å². The lowest BCUT2D eigenvalue weighted by Gasteiger charge is -2.29. The molecule has 9 heteroatoms. The summed E-state index contributed by atoms with van der Waals surface area (Å²) in [7, 11) is 0. The minimum absolute atomic E-state index is 0.212. The maximum atomic E-state index is 11.7. The highest BCUT2D eigenvalue weighted by Crippen LogP contribution is 1.96. The van der Waals surface area contributed by atoms with E-state index >= 15 is 0 Å². The number of aliphatic hydroxyl groups excluding tert-OH is 2. The van der Waals surface area contributed by atoms with E-state index in [1.807, 2.05) is 0 Å². The van der Waals surface area contributed by atoms with Crippen molar-refractivity contribution in [1.29, 1.82) is 0 Å². The molecule has 0 bridgehead atoms. The number of nitrogens with one attached hydrogen (secondary N) is 4. The third-order valence-electron chi connectivity index (χ3n) is 4.35. The van der Waals surface area contributed by atoms with Crippen LogP contribution in [0.25, 0.3) is 0 Å². The zero-order valence-corrected chi connectivity index (χ0v) is 14.3. The first kappa shape index (κ1) is 19.4. The Morgan fingerprint density at radius 3 is 1.58 bits per heavy atom. The Balaban J connectivity index is 1.52. The van der Waals surface area contributed by atoms with Gasteiger partial charge in [0.2, 0.25) is 0 Å². The minimum atomic E-state index is -0.584. The molecular weight excluding hydrogens is 312 g/mol. The highest BCUT2D eigenvalue weighted by atomic mass is 16.3. The summed E-state index contributed by atoms with van der Waals surface area (Å²) < 4.78 is 0. The van der Waals surface area contributed by atoms with Crippen molar-refractivity contribution in [2.45, 2.75) is 12.2 Å². The summed E-state index contributed by atoms with van der Waals surface area (Å²) in [5, 5.41) is 31.8. The van der Waals surface area contributed by atoms with Gasteiger partial charge in [-0.25, -0.2) is 4.79 Å². The highest BCUT2D eigenvalue weighted by molar-refractivity contribution is 5.73. The number of urea groups is 1. The van der Waals surface area contributed by atoms with Crippen LogP contribution >= 0.6 is 0 Å². The first-order chi connectivity index (χ1) is 11.6. The van der Waals surface area contributed by atoms with Crippen molar-refractivity contribution in [3.63, 3.8) is 0 Å². The first-order valence-corrected chi connectivity index (χ1v) is 8.87. The molecule has 2 unspecified atom stereocenters. The Kier molecular flexibility index (Phi) is 8.71. The molecule has 24 heavy (non-hydrogen) atoms. The third kappa shape index (κ3) is 7.73. The number of carbonyl (C=O) groups is 1. The predicted molar refractivity (Wildman–Crippen MR) is 92.0 cm³/mol. The zero-order valence-electron chi connectivity index (χ0n) is 14.3. The molecule has 0 radical (unpaired) electrons. The summed E-state index contributed by atoms with van der Waals surface area (Å²) in [5.41, 5.74) is 0. The molecule has 2 amide bonds. The van der Waals surface area contributed by atoms with Crippen LogP contribution in [0.15, 0.2) is 0 Å². The second-order valence-electron chi connectivity index (χ2n) is 6.50. The molecule has 2 heterocycles. The van der Waals surface area contributed by atoms with Crippen LogP contribution in [0.1, 0.15) is 0 Å². The number of amides is 2. The number of piperazine rings is 2. The van der Waals surface area contributed by atoms with Gasteiger partial charge < -0.3 is 31.5 Å². The zero-order chi connectivity index (χ0) is 17.2. The molecular formula is C15H32N6O3. The van der Waals surface area contributed by atoms with Gasteiger partial charge in [-0.1, -0.05) is 0 Å². The predicted octanol–water partition coefficient (Wildman–Crippen LogP) is -3.18. The van der Waals surface area contributed by atoms with Crippen LogP contribution in [-0.2, 0) is 0 Å². The fraction of sp³-hybridized carbons (Fsp3) is 0.933. The number of β-amino-alcohol motifs (C(OH)–C–C–N with tert-alkyl or cyclic N) is 2. The van der Waals surface area contributed by atoms with Crippen LogP contribution in [0, 0.1) is 0 Å². The average Bonchev–Trinajstić information content (AvgIpc) is 2.60. The minimum Gasteiger partial charge on any atom is -0.390 e. The monoisotopic (exact) mass is 344 g/mol. The van der Waals surface area contributed by atoms with Crippen molar-refractivity contribution in [2.75, 3.05) is 78.5 Å². The fourth-order valence-corrected chi connectivity index (χ4v) is 3.00. The molecule has 2 aliphatic rings. The molecule has 6 N–H and O–H groups in total. The quantitative estimate of drug-likeness (QED) is 0.275. The molecule has 9 nitrogen and oxygen atoms in total. The van der Waals surface area contributed by atoms with Gasteiger partial charge in [0.25, 0.3) is 0 Å². The normalized spacial score (nSPS) is 22.8. The number of nitrogens with zero attached hydrogens (tertiary/aromatic N) is 2. The van der Waals surface area contributed by atoms with Gasteiger partial charge in [0.05, 0.1) is 12.2 Å². The van der Waals surface area contributed by atoms with E-state index in [-0.39, 0.29) is 19.1 Å². The maximum Gasteiger partial charge on any atom is 0.314 e. The number of rotatable bonds is 8. The summed E-state index contributed by atoms with van der Waals surface area (Å²) in [6.45, 7) is 8.97. The van der Waals surface area contributed by atoms with Crippen LogP contribution in [0.5, 0.6) is 0 Å². The molecule has 140 valence electrons. The van der Waals surface area contributed by atoms with E-state index in [0.717, 1.165) is 52.4 Å². The van der Waals surface area contributed by atoms with E-state index in [2.05, 4.69) is 31.1 Å². The summed E-state index contributed by atoms with van der Waals surface area (Å²) in [6.07, 6.45) is -1.17. The van der Waals surface area contributed by atoms with E-state index in [1.54, 1.807) is 0 Å². The number of hydrogen-bond donors (Lipinski definition) is 6. The maximum absolute atomic E-state index is 11.7.